The van der Waals surface area contributed by atoms with Crippen molar-refractivity contribution in [3.05, 3.63) is 0 Å². The minimum absolute atomic E-state index is 0.131. The zero-order chi connectivity index (χ0) is 12.2. The number of hydrogen-bond acceptors (Lipinski definition) is 3. The van der Waals surface area contributed by atoms with E-state index in [1.54, 1.807) is 26.0 Å². The first-order valence-electron chi connectivity index (χ1n) is 4.99. The predicted molar refractivity (Wildman–Crippen MR) is 55.1 cm³/mol. The lowest BCUT2D eigenvalue weighted by Gasteiger charge is -2.34. The van der Waals surface area contributed by atoms with Crippen LogP contribution in [0, 0.1) is 0 Å². The lowest BCUT2D eigenvalue weighted by atomic mass is 10.1. The Balaban J connectivity index is 2.51. The molecule has 0 aromatic carbocycles. The van der Waals surface area contributed by atoms with Gasteiger partial charge >= 0.3 is 12.1 Å². The summed E-state index contributed by atoms with van der Waals surface area (Å²) in [6, 6.07) is -0.380. The summed E-state index contributed by atoms with van der Waals surface area (Å²) < 4.78 is 0. The molecule has 0 N–H and O–H groups in total. The van der Waals surface area contributed by atoms with Crippen molar-refractivity contribution in [3.63, 3.8) is 0 Å². The smallest absolute Gasteiger partial charge is 0.301 e. The number of nitrogens with zero attached hydrogens (tertiary/aromatic N) is 4. The Bertz CT molecular complexity index is 361. The summed E-state index contributed by atoms with van der Waals surface area (Å²) >= 11 is 0. The molecule has 2 atom stereocenters. The third-order valence-electron chi connectivity index (χ3n) is 3.70. The summed E-state index contributed by atoms with van der Waals surface area (Å²) in [5, 5.41) is 1.22. The zero-order valence-electron chi connectivity index (χ0n) is 10.1. The molecule has 2 aliphatic heterocycles. The molecule has 0 bridgehead atoms. The second kappa shape index (κ2) is 3.00. The van der Waals surface area contributed by atoms with E-state index >= 15 is 0 Å². The van der Waals surface area contributed by atoms with E-state index in [-0.39, 0.29) is 12.1 Å². The first-order chi connectivity index (χ1) is 7.37. The van der Waals surface area contributed by atoms with Crippen LogP contribution in [0.1, 0.15) is 6.92 Å². The third-order valence-corrected chi connectivity index (χ3v) is 3.70. The molecule has 2 rings (SSSR count). The van der Waals surface area contributed by atoms with Crippen molar-refractivity contribution in [2.75, 3.05) is 28.3 Å². The first kappa shape index (κ1) is 11.0. The Morgan fingerprint density at radius 1 is 1.12 bits per heavy atom. The Labute approximate surface area is 94.1 Å². The average Bonchev–Trinajstić information content (AvgIpc) is 2.56. The molecule has 2 fully saturated rings. The highest BCUT2D eigenvalue weighted by Gasteiger charge is 2.64. The van der Waals surface area contributed by atoms with Gasteiger partial charge in [-0.25, -0.2) is 9.59 Å². The van der Waals surface area contributed by atoms with Crippen LogP contribution >= 0.6 is 0 Å². The van der Waals surface area contributed by atoms with E-state index in [1.807, 2.05) is 6.92 Å². The van der Waals surface area contributed by atoms with Crippen LogP contribution in [0.5, 0.6) is 0 Å². The molecular weight excluding hydrogens is 212 g/mol. The summed E-state index contributed by atoms with van der Waals surface area (Å²) in [5.74, 6) is 0. The maximum Gasteiger partial charge on any atom is 0.347 e. The number of fused-ring (bicyclic) bond motifs is 1. The van der Waals surface area contributed by atoms with Crippen molar-refractivity contribution >= 4 is 12.1 Å². The number of urea groups is 2. The molecule has 0 saturated carbocycles. The third kappa shape index (κ3) is 0.915. The van der Waals surface area contributed by atoms with Crippen LogP contribution in [0.15, 0.2) is 0 Å². The predicted octanol–water partition coefficient (Wildman–Crippen LogP) is -0.0453. The van der Waals surface area contributed by atoms with Gasteiger partial charge in [-0.1, -0.05) is 0 Å². The van der Waals surface area contributed by atoms with Gasteiger partial charge in [-0.05, 0) is 6.92 Å². The quantitative estimate of drug-likeness (QED) is 0.632. The summed E-state index contributed by atoms with van der Waals surface area (Å²) in [7, 11) is 6.43. The zero-order valence-corrected chi connectivity index (χ0v) is 10.1. The molecule has 2 heterocycles. The van der Waals surface area contributed by atoms with Gasteiger partial charge < -0.3 is 9.80 Å². The fraction of sp³-hybridized carbons (Fsp3) is 0.778. The minimum atomic E-state index is -0.696. The number of hydroxylamine groups is 2. The summed E-state index contributed by atoms with van der Waals surface area (Å²) in [4.78, 5) is 33.4. The highest BCUT2D eigenvalue weighted by Crippen LogP contribution is 2.40. The number of carbonyl (C=O) groups excluding carboxylic acids is 2. The van der Waals surface area contributed by atoms with Crippen LogP contribution in [0.3, 0.4) is 0 Å². The van der Waals surface area contributed by atoms with Crippen molar-refractivity contribution < 1.29 is 14.4 Å². The molecule has 2 saturated heterocycles. The topological polar surface area (TPSA) is 56.3 Å². The normalized spacial score (nSPS) is 34.2. The van der Waals surface area contributed by atoms with Crippen molar-refractivity contribution in [2.24, 2.45) is 0 Å². The number of amides is 4. The first-order valence-corrected chi connectivity index (χ1v) is 4.99. The molecule has 0 radical (unpaired) electrons. The molecule has 2 aliphatic rings. The van der Waals surface area contributed by atoms with Crippen LogP contribution in [0.2, 0.25) is 0 Å². The SMILES string of the molecule is CON1C(=O)N(C)C2(C)C1N(C)C(=O)N2C. The van der Waals surface area contributed by atoms with Crippen LogP contribution in [0.4, 0.5) is 9.59 Å². The molecule has 0 aromatic heterocycles. The van der Waals surface area contributed by atoms with E-state index in [1.165, 1.54) is 22.0 Å². The van der Waals surface area contributed by atoms with Gasteiger partial charge in [0, 0.05) is 21.1 Å². The number of rotatable bonds is 1. The van der Waals surface area contributed by atoms with Crippen LogP contribution in [-0.4, -0.2) is 71.9 Å². The largest absolute Gasteiger partial charge is 0.347 e. The second-order valence-electron chi connectivity index (χ2n) is 4.27. The molecule has 4 amide bonds. The Morgan fingerprint density at radius 3 is 2.12 bits per heavy atom. The van der Waals surface area contributed by atoms with Crippen molar-refractivity contribution in [2.45, 2.75) is 18.8 Å². The summed E-state index contributed by atoms with van der Waals surface area (Å²) in [5.41, 5.74) is -0.696. The number of carbonyl (C=O) groups is 2. The van der Waals surface area contributed by atoms with E-state index in [0.29, 0.717) is 0 Å². The monoisotopic (exact) mass is 228 g/mol. The maximum atomic E-state index is 11.9. The standard InChI is InChI=1S/C9H16N4O3/c1-9-6(10(2)7(14)11(9)3)13(16-5)8(15)12(9)4/h6H,1-5H3. The fourth-order valence-electron chi connectivity index (χ4n) is 2.48. The Hall–Kier alpha value is -1.50. The van der Waals surface area contributed by atoms with Crippen molar-refractivity contribution in [1.82, 2.24) is 19.8 Å². The maximum absolute atomic E-state index is 11.9. The molecule has 16 heavy (non-hydrogen) atoms. The van der Waals surface area contributed by atoms with Gasteiger partial charge in [-0.15, -0.1) is 0 Å². The molecule has 7 nitrogen and oxygen atoms in total. The van der Waals surface area contributed by atoms with E-state index < -0.39 is 11.8 Å². The number of likely N-dealkylation sites (N-methyl/N-ethyl adjacent to an activating group) is 3. The molecule has 90 valence electrons. The average molecular weight is 228 g/mol. The van der Waals surface area contributed by atoms with E-state index in [0.717, 1.165) is 0 Å². The second-order valence-corrected chi connectivity index (χ2v) is 4.27. The van der Waals surface area contributed by atoms with Crippen molar-refractivity contribution in [3.8, 4) is 0 Å². The van der Waals surface area contributed by atoms with Gasteiger partial charge in [0.05, 0.1) is 7.11 Å². The molecule has 7 heteroatoms. The molecule has 0 aliphatic carbocycles. The van der Waals surface area contributed by atoms with Crippen LogP contribution in [-0.2, 0) is 4.84 Å². The van der Waals surface area contributed by atoms with Gasteiger partial charge in [-0.2, -0.15) is 5.06 Å². The fourth-order valence-corrected chi connectivity index (χ4v) is 2.48. The summed E-state index contributed by atoms with van der Waals surface area (Å²) in [6.07, 6.45) is -0.424. The lowest BCUT2D eigenvalue weighted by Crippen LogP contribution is -2.55. The molecule has 2 unspecified atom stereocenters. The lowest BCUT2D eigenvalue weighted by molar-refractivity contribution is -0.136. The number of hydrogen-bond donors (Lipinski definition) is 0. The summed E-state index contributed by atoms with van der Waals surface area (Å²) in [6.45, 7) is 1.84. The Morgan fingerprint density at radius 2 is 1.62 bits per heavy atom. The van der Waals surface area contributed by atoms with Gasteiger partial charge in [0.25, 0.3) is 0 Å². The highest BCUT2D eigenvalue weighted by atomic mass is 16.7. The molecular formula is C9H16N4O3. The van der Waals surface area contributed by atoms with E-state index in [2.05, 4.69) is 0 Å². The van der Waals surface area contributed by atoms with Gasteiger partial charge in [0.2, 0.25) is 0 Å². The van der Waals surface area contributed by atoms with E-state index in [9.17, 15) is 9.59 Å². The van der Waals surface area contributed by atoms with Crippen LogP contribution in [0.25, 0.3) is 0 Å². The van der Waals surface area contributed by atoms with Crippen LogP contribution < -0.4 is 0 Å². The highest BCUT2D eigenvalue weighted by molar-refractivity contribution is 5.85. The molecule has 0 spiro atoms. The van der Waals surface area contributed by atoms with Gasteiger partial charge in [0.15, 0.2) is 11.8 Å². The van der Waals surface area contributed by atoms with E-state index in [4.69, 9.17) is 4.84 Å². The van der Waals surface area contributed by atoms with Gasteiger partial charge in [-0.3, -0.25) is 9.74 Å². The van der Waals surface area contributed by atoms with Crippen molar-refractivity contribution in [1.29, 1.82) is 0 Å². The molecule has 0 aromatic rings. The Kier molecular flexibility index (Phi) is 2.06. The minimum Gasteiger partial charge on any atom is -0.301 e. The van der Waals surface area contributed by atoms with Gasteiger partial charge in [0.1, 0.15) is 0 Å².